The molecule has 0 aromatic rings. The van der Waals surface area contributed by atoms with Gasteiger partial charge in [-0.2, -0.15) is 17.0 Å². The lowest BCUT2D eigenvalue weighted by Gasteiger charge is -2.04. The van der Waals surface area contributed by atoms with E-state index in [0.29, 0.717) is 12.2 Å². The van der Waals surface area contributed by atoms with Crippen LogP contribution in [-0.2, 0) is 4.79 Å². The van der Waals surface area contributed by atoms with Crippen LogP contribution in [0.15, 0.2) is 12.2 Å². The summed E-state index contributed by atoms with van der Waals surface area (Å²) < 4.78 is 0. The Bertz CT molecular complexity index is 277. The lowest BCUT2D eigenvalue weighted by molar-refractivity contribution is -0.118. The van der Waals surface area contributed by atoms with Crippen LogP contribution in [0.3, 0.4) is 0 Å². The summed E-state index contributed by atoms with van der Waals surface area (Å²) >= 11 is 1.51. The summed E-state index contributed by atoms with van der Waals surface area (Å²) in [7, 11) is 0. The summed E-state index contributed by atoms with van der Waals surface area (Å²) in [5.74, 6) is 1.28. The predicted molar refractivity (Wildman–Crippen MR) is 76.0 cm³/mol. The molecule has 0 radical (unpaired) electrons. The number of unbranched alkanes of at least 4 members (excludes halogenated alkanes) is 2. The number of amides is 1. The third kappa shape index (κ3) is 13.0. The van der Waals surface area contributed by atoms with Gasteiger partial charge < -0.3 is 5.32 Å². The van der Waals surface area contributed by atoms with Crippen LogP contribution in [-0.4, -0.2) is 24.0 Å². The fourth-order valence-corrected chi connectivity index (χ4v) is 1.96. The van der Waals surface area contributed by atoms with Gasteiger partial charge >= 0.3 is 0 Å². The van der Waals surface area contributed by atoms with Crippen molar-refractivity contribution in [1.82, 2.24) is 5.32 Å². The van der Waals surface area contributed by atoms with Gasteiger partial charge in [0, 0.05) is 20.1 Å². The van der Waals surface area contributed by atoms with Crippen LogP contribution < -0.4 is 5.32 Å². The van der Waals surface area contributed by atoms with Gasteiger partial charge in [0.1, 0.15) is 0 Å². The van der Waals surface area contributed by atoms with E-state index < -0.39 is 0 Å². The molecule has 0 aliphatic heterocycles. The van der Waals surface area contributed by atoms with E-state index in [1.165, 1.54) is 17.3 Å². The Morgan fingerprint density at radius 2 is 2.24 bits per heavy atom. The smallest absolute Gasteiger partial charge is 0.229 e. The van der Waals surface area contributed by atoms with Crippen LogP contribution >= 0.6 is 11.8 Å². The zero-order valence-corrected chi connectivity index (χ0v) is 11.4. The van der Waals surface area contributed by atoms with E-state index in [-0.39, 0.29) is 7.33 Å². The van der Waals surface area contributed by atoms with Gasteiger partial charge in [0.25, 0.3) is 0 Å². The second kappa shape index (κ2) is 11.5. The summed E-state index contributed by atoms with van der Waals surface area (Å²) in [4.78, 5) is 11.3. The molecule has 1 amide bonds. The van der Waals surface area contributed by atoms with Crippen molar-refractivity contribution in [3.8, 4) is 6.07 Å². The molecule has 0 unspecified atom stereocenters. The molecule has 0 saturated carbocycles. The third-order valence-corrected chi connectivity index (χ3v) is 3.15. The molecule has 0 atom stereocenters. The molecule has 4 heteroatoms. The first-order valence-corrected chi connectivity index (χ1v) is 7.18. The van der Waals surface area contributed by atoms with Crippen LogP contribution in [0, 0.1) is 11.3 Å². The van der Waals surface area contributed by atoms with Gasteiger partial charge in [0.15, 0.2) is 0 Å². The minimum atomic E-state index is 0. The van der Waals surface area contributed by atoms with Crippen molar-refractivity contribution in [2.75, 3.05) is 18.1 Å². The third-order valence-electron chi connectivity index (χ3n) is 2.19. The zero-order valence-electron chi connectivity index (χ0n) is 10.6. The maximum atomic E-state index is 11.3. The minimum absolute atomic E-state index is 0. The molecule has 0 aromatic heterocycles. The van der Waals surface area contributed by atoms with E-state index in [9.17, 15) is 4.79 Å². The lowest BCUT2D eigenvalue weighted by atomic mass is 10.1. The molecule has 0 bridgehead atoms. The molecule has 0 aromatic carbocycles. The predicted octanol–water partition coefficient (Wildman–Crippen LogP) is 3.13. The number of nitriles is 1. The normalized spacial score (nSPS) is 9.65. The van der Waals surface area contributed by atoms with Gasteiger partial charge in [-0.1, -0.05) is 12.0 Å². The molecule has 98 valence electrons. The first-order valence-electron chi connectivity index (χ1n) is 6.02. The summed E-state index contributed by atoms with van der Waals surface area (Å²) in [6.07, 6.45) is 4.91. The van der Waals surface area contributed by atoms with Crippen molar-refractivity contribution in [3.05, 3.63) is 12.2 Å². The molecule has 0 rings (SSSR count). The number of nitrogens with zero attached hydrogens (tertiary/aromatic N) is 1. The molecule has 0 heterocycles. The van der Waals surface area contributed by atoms with Gasteiger partial charge in [-0.05, 0) is 26.2 Å². The molecule has 0 aliphatic carbocycles. The Labute approximate surface area is 110 Å². The van der Waals surface area contributed by atoms with E-state index in [0.717, 1.165) is 38.0 Å². The van der Waals surface area contributed by atoms with Crippen LogP contribution in [0.5, 0.6) is 0 Å². The Morgan fingerprint density at radius 3 is 2.88 bits per heavy atom. The Hall–Kier alpha value is -0.950. The monoisotopic (exact) mass is 256 g/mol. The van der Waals surface area contributed by atoms with Crippen molar-refractivity contribution in [1.29, 1.82) is 5.26 Å². The molecule has 0 aliphatic rings. The largest absolute Gasteiger partial charge is 0.355 e. The van der Waals surface area contributed by atoms with Gasteiger partial charge in [-0.15, -0.1) is 6.58 Å². The summed E-state index contributed by atoms with van der Waals surface area (Å²) in [5, 5.41) is 11.2. The maximum Gasteiger partial charge on any atom is 0.229 e. The highest BCUT2D eigenvalue weighted by Crippen LogP contribution is 2.05. The van der Waals surface area contributed by atoms with E-state index >= 15 is 0 Å². The fourth-order valence-electron chi connectivity index (χ4n) is 1.29. The first kappa shape index (κ1) is 16.1. The molecular formula is C13H24N2OS. The summed E-state index contributed by atoms with van der Waals surface area (Å²) in [6.45, 7) is 6.65. The topological polar surface area (TPSA) is 52.9 Å². The van der Waals surface area contributed by atoms with Crippen molar-refractivity contribution in [2.24, 2.45) is 0 Å². The number of thioether (sulfide) groups is 1. The molecule has 0 saturated heterocycles. The standard InChI is InChI=1S/C13H22N2OS.H2/c1-12(2)7-4-3-5-9-15-13(16)11-17-10-6-8-14;/h1,3-7,9-11H2,2H3,(H,15,16);1H. The van der Waals surface area contributed by atoms with Crippen LogP contribution in [0.2, 0.25) is 0 Å². The Balaban J connectivity index is 0. The maximum absolute atomic E-state index is 11.3. The van der Waals surface area contributed by atoms with Crippen LogP contribution in [0.4, 0.5) is 0 Å². The minimum Gasteiger partial charge on any atom is -0.355 e. The van der Waals surface area contributed by atoms with Gasteiger partial charge in [0.2, 0.25) is 5.91 Å². The summed E-state index contributed by atoms with van der Waals surface area (Å²) in [6, 6.07) is 2.06. The lowest BCUT2D eigenvalue weighted by Crippen LogP contribution is -2.26. The Kier molecular flexibility index (Phi) is 10.9. The highest BCUT2D eigenvalue weighted by atomic mass is 32.2. The van der Waals surface area contributed by atoms with E-state index in [1.807, 2.05) is 6.92 Å². The number of carbonyl (C=O) groups excluding carboxylic acids is 1. The van der Waals surface area contributed by atoms with Crippen molar-refractivity contribution in [2.45, 2.75) is 39.0 Å². The number of nitrogens with one attached hydrogen (secondary N) is 1. The highest BCUT2D eigenvalue weighted by Gasteiger charge is 2.00. The summed E-state index contributed by atoms with van der Waals surface area (Å²) in [5.41, 5.74) is 1.22. The van der Waals surface area contributed by atoms with Gasteiger partial charge in [0.05, 0.1) is 11.8 Å². The second-order valence-corrected chi connectivity index (χ2v) is 5.18. The van der Waals surface area contributed by atoms with Crippen LogP contribution in [0.1, 0.15) is 40.5 Å². The Morgan fingerprint density at radius 1 is 1.47 bits per heavy atom. The van der Waals surface area contributed by atoms with E-state index in [1.54, 1.807) is 0 Å². The number of rotatable bonds is 10. The average Bonchev–Trinajstić information content (AvgIpc) is 2.29. The molecule has 0 spiro atoms. The van der Waals surface area contributed by atoms with Crippen molar-refractivity contribution in [3.63, 3.8) is 0 Å². The van der Waals surface area contributed by atoms with Gasteiger partial charge in [-0.25, -0.2) is 0 Å². The number of hydrogen-bond acceptors (Lipinski definition) is 3. The van der Waals surface area contributed by atoms with Crippen LogP contribution in [0.25, 0.3) is 0 Å². The zero-order chi connectivity index (χ0) is 12.9. The molecule has 17 heavy (non-hydrogen) atoms. The average molecular weight is 256 g/mol. The SMILES string of the molecule is C=C(C)CCCCCNC(=O)CSCCC#N.[HH]. The van der Waals surface area contributed by atoms with E-state index in [2.05, 4.69) is 18.0 Å². The molecule has 1 N–H and O–H groups in total. The van der Waals surface area contributed by atoms with Crippen molar-refractivity contribution < 1.29 is 6.22 Å². The molecular weight excluding hydrogens is 232 g/mol. The first-order chi connectivity index (χ1) is 8.16. The number of hydrogen-bond donors (Lipinski definition) is 1. The fraction of sp³-hybridized carbons (Fsp3) is 0.692. The van der Waals surface area contributed by atoms with E-state index in [4.69, 9.17) is 5.26 Å². The quantitative estimate of drug-likeness (QED) is 0.482. The van der Waals surface area contributed by atoms with Crippen molar-refractivity contribution >= 4 is 17.7 Å². The number of allylic oxidation sites excluding steroid dienone is 1. The second-order valence-electron chi connectivity index (χ2n) is 4.08. The highest BCUT2D eigenvalue weighted by molar-refractivity contribution is 7.99. The molecule has 3 nitrogen and oxygen atoms in total. The molecule has 0 fully saturated rings. The van der Waals surface area contributed by atoms with Gasteiger partial charge in [-0.3, -0.25) is 4.79 Å². The number of carbonyl (C=O) groups is 1.